The van der Waals surface area contributed by atoms with Crippen LogP contribution in [0.4, 0.5) is 0 Å². The lowest BCUT2D eigenvalue weighted by atomic mass is 10.2. The summed E-state index contributed by atoms with van der Waals surface area (Å²) in [5, 5.41) is 3.04. The van der Waals surface area contributed by atoms with Gasteiger partial charge in [-0.3, -0.25) is 15.0 Å². The Kier molecular flexibility index (Phi) is 4.28. The van der Waals surface area contributed by atoms with Crippen LogP contribution in [0.15, 0.2) is 24.3 Å². The van der Waals surface area contributed by atoms with Crippen molar-refractivity contribution in [2.75, 3.05) is 0 Å². The van der Waals surface area contributed by atoms with Gasteiger partial charge in [-0.15, -0.1) is 0 Å². The smallest absolute Gasteiger partial charge is 0.256 e. The van der Waals surface area contributed by atoms with Gasteiger partial charge in [0.2, 0.25) is 0 Å². The molecule has 86 valence electrons. The molecule has 0 saturated carbocycles. The van der Waals surface area contributed by atoms with E-state index in [4.69, 9.17) is 17.4 Å². The number of hydrogen-bond acceptors (Lipinski definition) is 3. The molecule has 1 atom stereocenters. The summed E-state index contributed by atoms with van der Waals surface area (Å²) >= 11 is 5.68. The number of hydrogen-bond donors (Lipinski definition) is 3. The summed E-state index contributed by atoms with van der Waals surface area (Å²) in [7, 11) is 0. The molecule has 1 aromatic rings. The molecule has 0 fully saturated rings. The minimum Gasteiger partial charge on any atom is -0.340 e. The van der Waals surface area contributed by atoms with Crippen molar-refractivity contribution in [2.24, 2.45) is 5.84 Å². The Morgan fingerprint density at radius 1 is 1.31 bits per heavy atom. The first kappa shape index (κ1) is 12.5. The number of carbonyl (C=O) groups is 2. The van der Waals surface area contributed by atoms with Gasteiger partial charge in [0.25, 0.3) is 11.8 Å². The molecule has 0 heterocycles. The number of nitrogens with two attached hydrogens (primary N) is 1. The second-order valence-electron chi connectivity index (χ2n) is 3.21. The Morgan fingerprint density at radius 2 is 1.88 bits per heavy atom. The highest BCUT2D eigenvalue weighted by Crippen LogP contribution is 2.09. The average molecular weight is 242 g/mol. The fourth-order valence-corrected chi connectivity index (χ4v) is 1.20. The van der Waals surface area contributed by atoms with E-state index in [0.717, 1.165) is 0 Å². The van der Waals surface area contributed by atoms with Crippen molar-refractivity contribution < 1.29 is 9.59 Å². The molecule has 1 rings (SSSR count). The molecule has 0 aliphatic heterocycles. The van der Waals surface area contributed by atoms with Gasteiger partial charge in [0.15, 0.2) is 0 Å². The molecule has 0 radical (unpaired) electrons. The Bertz CT molecular complexity index is 392. The maximum Gasteiger partial charge on any atom is 0.256 e. The number of halogens is 1. The van der Waals surface area contributed by atoms with Gasteiger partial charge in [-0.25, -0.2) is 5.84 Å². The first-order valence-corrected chi connectivity index (χ1v) is 4.99. The lowest BCUT2D eigenvalue weighted by Gasteiger charge is -2.11. The molecule has 0 spiro atoms. The van der Waals surface area contributed by atoms with Crippen molar-refractivity contribution in [1.82, 2.24) is 10.7 Å². The molecular formula is C10H12ClN3O2. The van der Waals surface area contributed by atoms with Crippen LogP contribution in [0.2, 0.25) is 5.02 Å². The van der Waals surface area contributed by atoms with Crippen molar-refractivity contribution in [3.05, 3.63) is 34.9 Å². The Labute approximate surface area is 97.9 Å². The molecule has 0 aromatic heterocycles. The zero-order valence-electron chi connectivity index (χ0n) is 8.66. The Balaban J connectivity index is 2.65. The monoisotopic (exact) mass is 241 g/mol. The zero-order chi connectivity index (χ0) is 12.1. The molecular weight excluding hydrogens is 230 g/mol. The van der Waals surface area contributed by atoms with Crippen LogP contribution in [-0.2, 0) is 4.79 Å². The highest BCUT2D eigenvalue weighted by molar-refractivity contribution is 6.30. The average Bonchev–Trinajstić information content (AvgIpc) is 2.28. The molecule has 4 N–H and O–H groups in total. The number of carbonyl (C=O) groups excluding carboxylic acids is 2. The van der Waals surface area contributed by atoms with Crippen LogP contribution in [0.5, 0.6) is 0 Å². The van der Waals surface area contributed by atoms with Crippen LogP contribution in [-0.4, -0.2) is 17.9 Å². The van der Waals surface area contributed by atoms with Crippen molar-refractivity contribution in [3.63, 3.8) is 0 Å². The Hall–Kier alpha value is -1.59. The predicted molar refractivity (Wildman–Crippen MR) is 60.7 cm³/mol. The molecule has 0 bridgehead atoms. The molecule has 2 amide bonds. The minimum absolute atomic E-state index is 0.354. The van der Waals surface area contributed by atoms with E-state index in [-0.39, 0.29) is 5.91 Å². The molecule has 0 aliphatic carbocycles. The first-order chi connectivity index (χ1) is 7.54. The standard InChI is InChI=1S/C10H12ClN3O2/c1-6(9(15)14-12)13-10(16)7-2-4-8(11)5-3-7/h2-6H,12H2,1H3,(H,13,16)(H,14,15)/t6-/m0/s1. The van der Waals surface area contributed by atoms with Crippen LogP contribution in [0.3, 0.4) is 0 Å². The third kappa shape index (κ3) is 3.22. The molecule has 6 heteroatoms. The van der Waals surface area contributed by atoms with Gasteiger partial charge in [-0.05, 0) is 31.2 Å². The number of amides is 2. The minimum atomic E-state index is -0.687. The normalized spacial score (nSPS) is 11.7. The molecule has 0 aliphatic rings. The first-order valence-electron chi connectivity index (χ1n) is 4.61. The largest absolute Gasteiger partial charge is 0.340 e. The van der Waals surface area contributed by atoms with E-state index >= 15 is 0 Å². The second-order valence-corrected chi connectivity index (χ2v) is 3.65. The van der Waals surface area contributed by atoms with Gasteiger partial charge >= 0.3 is 0 Å². The lowest BCUT2D eigenvalue weighted by molar-refractivity contribution is -0.122. The SMILES string of the molecule is C[C@H](NC(=O)c1ccc(Cl)cc1)C(=O)NN. The van der Waals surface area contributed by atoms with E-state index in [1.807, 2.05) is 5.43 Å². The highest BCUT2D eigenvalue weighted by atomic mass is 35.5. The number of rotatable bonds is 3. The third-order valence-corrected chi connectivity index (χ3v) is 2.24. The van der Waals surface area contributed by atoms with Crippen LogP contribution in [0.25, 0.3) is 0 Å². The maximum atomic E-state index is 11.6. The van der Waals surface area contributed by atoms with Gasteiger partial charge in [0.05, 0.1) is 0 Å². The number of nitrogens with one attached hydrogen (secondary N) is 2. The van der Waals surface area contributed by atoms with Gasteiger partial charge in [-0.2, -0.15) is 0 Å². The molecule has 0 unspecified atom stereocenters. The van der Waals surface area contributed by atoms with E-state index in [1.165, 1.54) is 6.92 Å². The van der Waals surface area contributed by atoms with Crippen LogP contribution < -0.4 is 16.6 Å². The van der Waals surface area contributed by atoms with Gasteiger partial charge < -0.3 is 5.32 Å². The fourth-order valence-electron chi connectivity index (χ4n) is 1.07. The third-order valence-electron chi connectivity index (χ3n) is 1.99. The summed E-state index contributed by atoms with van der Waals surface area (Å²) in [6, 6.07) is 5.66. The summed E-state index contributed by atoms with van der Waals surface area (Å²) in [5.74, 6) is 4.13. The predicted octanol–water partition coefficient (Wildman–Crippen LogP) is 0.448. The van der Waals surface area contributed by atoms with E-state index in [0.29, 0.717) is 10.6 Å². The summed E-state index contributed by atoms with van der Waals surface area (Å²) in [6.45, 7) is 1.54. The van der Waals surface area contributed by atoms with Crippen LogP contribution in [0, 0.1) is 0 Å². The summed E-state index contributed by atoms with van der Waals surface area (Å²) in [5.41, 5.74) is 2.39. The maximum absolute atomic E-state index is 11.6. The second kappa shape index (κ2) is 5.48. The zero-order valence-corrected chi connectivity index (χ0v) is 9.41. The lowest BCUT2D eigenvalue weighted by Crippen LogP contribution is -2.47. The van der Waals surface area contributed by atoms with Crippen molar-refractivity contribution in [3.8, 4) is 0 Å². The van der Waals surface area contributed by atoms with Gasteiger partial charge in [-0.1, -0.05) is 11.6 Å². The van der Waals surface area contributed by atoms with E-state index in [1.54, 1.807) is 24.3 Å². The van der Waals surface area contributed by atoms with E-state index < -0.39 is 11.9 Å². The summed E-state index contributed by atoms with van der Waals surface area (Å²) in [4.78, 5) is 22.7. The van der Waals surface area contributed by atoms with Crippen LogP contribution in [0.1, 0.15) is 17.3 Å². The fraction of sp³-hybridized carbons (Fsp3) is 0.200. The Morgan fingerprint density at radius 3 is 2.38 bits per heavy atom. The van der Waals surface area contributed by atoms with E-state index in [2.05, 4.69) is 5.32 Å². The molecule has 0 saturated heterocycles. The molecule has 5 nitrogen and oxygen atoms in total. The molecule has 1 aromatic carbocycles. The van der Waals surface area contributed by atoms with E-state index in [9.17, 15) is 9.59 Å². The number of hydrazine groups is 1. The summed E-state index contributed by atoms with van der Waals surface area (Å²) in [6.07, 6.45) is 0. The highest BCUT2D eigenvalue weighted by Gasteiger charge is 2.15. The van der Waals surface area contributed by atoms with Crippen molar-refractivity contribution >= 4 is 23.4 Å². The van der Waals surface area contributed by atoms with Gasteiger partial charge in [0, 0.05) is 10.6 Å². The van der Waals surface area contributed by atoms with Crippen molar-refractivity contribution in [1.29, 1.82) is 0 Å². The molecule has 16 heavy (non-hydrogen) atoms. The van der Waals surface area contributed by atoms with Crippen LogP contribution >= 0.6 is 11.6 Å². The summed E-state index contributed by atoms with van der Waals surface area (Å²) < 4.78 is 0. The van der Waals surface area contributed by atoms with Gasteiger partial charge in [0.1, 0.15) is 6.04 Å². The number of benzene rings is 1. The van der Waals surface area contributed by atoms with Crippen molar-refractivity contribution in [2.45, 2.75) is 13.0 Å². The topological polar surface area (TPSA) is 84.2 Å². The quantitative estimate of drug-likeness (QED) is 0.408.